The lowest BCUT2D eigenvalue weighted by Crippen LogP contribution is -2.37. The summed E-state index contributed by atoms with van der Waals surface area (Å²) in [4.78, 5) is 2.40. The van der Waals surface area contributed by atoms with Crippen LogP contribution < -0.4 is 4.90 Å². The Bertz CT molecular complexity index is 419. The lowest BCUT2D eigenvalue weighted by atomic mass is 9.82. The Hall–Kier alpha value is -0.540. The van der Waals surface area contributed by atoms with E-state index >= 15 is 0 Å². The van der Waals surface area contributed by atoms with Crippen LogP contribution in [-0.2, 0) is 0 Å². The van der Waals surface area contributed by atoms with Gasteiger partial charge >= 0.3 is 0 Å². The first-order valence-corrected chi connectivity index (χ1v) is 7.41. The standard InChI is InChI=1S/C15H22BrNO/c1-11(18)13-10-12(16)4-5-14(13)17-8-6-15(2,3)7-9-17/h4-5,10-11,18H,6-9H2,1-3H3. The Morgan fingerprint density at radius 2 is 1.89 bits per heavy atom. The summed E-state index contributed by atoms with van der Waals surface area (Å²) in [6.07, 6.45) is 2.00. The topological polar surface area (TPSA) is 23.5 Å². The third kappa shape index (κ3) is 3.07. The molecule has 2 rings (SSSR count). The minimum atomic E-state index is -0.424. The van der Waals surface area contributed by atoms with Gasteiger partial charge < -0.3 is 10.0 Å². The van der Waals surface area contributed by atoms with Gasteiger partial charge in [-0.05, 0) is 43.4 Å². The van der Waals surface area contributed by atoms with Gasteiger partial charge in [-0.25, -0.2) is 0 Å². The van der Waals surface area contributed by atoms with E-state index in [0.29, 0.717) is 5.41 Å². The normalized spacial score (nSPS) is 20.8. The fraction of sp³-hybridized carbons (Fsp3) is 0.600. The molecule has 1 fully saturated rings. The van der Waals surface area contributed by atoms with E-state index in [1.807, 2.05) is 13.0 Å². The van der Waals surface area contributed by atoms with Gasteiger partial charge in [0.15, 0.2) is 0 Å². The van der Waals surface area contributed by atoms with Crippen LogP contribution in [-0.4, -0.2) is 18.2 Å². The van der Waals surface area contributed by atoms with Crippen molar-refractivity contribution >= 4 is 21.6 Å². The molecule has 1 heterocycles. The van der Waals surface area contributed by atoms with E-state index in [-0.39, 0.29) is 0 Å². The summed E-state index contributed by atoms with van der Waals surface area (Å²) in [6, 6.07) is 6.20. The Morgan fingerprint density at radius 1 is 1.28 bits per heavy atom. The second-order valence-electron chi connectivity index (χ2n) is 6.03. The predicted molar refractivity (Wildman–Crippen MR) is 80.0 cm³/mol. The number of piperidine rings is 1. The largest absolute Gasteiger partial charge is 0.389 e. The van der Waals surface area contributed by atoms with Gasteiger partial charge in [0.05, 0.1) is 6.10 Å². The van der Waals surface area contributed by atoms with Gasteiger partial charge in [-0.3, -0.25) is 0 Å². The molecular formula is C15H22BrNO. The molecule has 18 heavy (non-hydrogen) atoms. The highest BCUT2D eigenvalue weighted by Gasteiger charge is 2.26. The van der Waals surface area contributed by atoms with E-state index in [1.165, 1.54) is 18.5 Å². The number of anilines is 1. The number of aliphatic hydroxyl groups excluding tert-OH is 1. The van der Waals surface area contributed by atoms with E-state index < -0.39 is 6.10 Å². The minimum Gasteiger partial charge on any atom is -0.389 e. The van der Waals surface area contributed by atoms with Crippen molar-refractivity contribution in [3.05, 3.63) is 28.2 Å². The number of hydrogen-bond donors (Lipinski definition) is 1. The molecule has 1 unspecified atom stereocenters. The molecule has 2 nitrogen and oxygen atoms in total. The molecular weight excluding hydrogens is 290 g/mol. The van der Waals surface area contributed by atoms with Crippen molar-refractivity contribution < 1.29 is 5.11 Å². The maximum absolute atomic E-state index is 9.91. The Balaban J connectivity index is 2.24. The average Bonchev–Trinajstić information content (AvgIpc) is 2.29. The second kappa shape index (κ2) is 5.22. The third-order valence-electron chi connectivity index (χ3n) is 3.90. The molecule has 1 atom stereocenters. The quantitative estimate of drug-likeness (QED) is 0.887. The molecule has 1 aromatic carbocycles. The van der Waals surface area contributed by atoms with Crippen LogP contribution in [0.15, 0.2) is 22.7 Å². The Labute approximate surface area is 118 Å². The number of benzene rings is 1. The molecule has 1 aliphatic rings. The number of nitrogens with zero attached hydrogens (tertiary/aromatic N) is 1. The summed E-state index contributed by atoms with van der Waals surface area (Å²) in [7, 11) is 0. The van der Waals surface area contributed by atoms with Crippen molar-refractivity contribution in [1.82, 2.24) is 0 Å². The Kier molecular flexibility index (Phi) is 4.02. The van der Waals surface area contributed by atoms with Crippen LogP contribution in [0.5, 0.6) is 0 Å². The third-order valence-corrected chi connectivity index (χ3v) is 4.39. The summed E-state index contributed by atoms with van der Waals surface area (Å²) >= 11 is 3.48. The molecule has 1 N–H and O–H groups in total. The van der Waals surface area contributed by atoms with Gasteiger partial charge in [0.2, 0.25) is 0 Å². The predicted octanol–water partition coefficient (Wildman–Crippen LogP) is 4.13. The minimum absolute atomic E-state index is 0.424. The summed E-state index contributed by atoms with van der Waals surface area (Å²) < 4.78 is 1.03. The maximum atomic E-state index is 9.91. The fourth-order valence-electron chi connectivity index (χ4n) is 2.50. The lowest BCUT2D eigenvalue weighted by molar-refractivity contribution is 0.199. The van der Waals surface area contributed by atoms with Gasteiger partial charge in [0.25, 0.3) is 0 Å². The van der Waals surface area contributed by atoms with Gasteiger partial charge in [0.1, 0.15) is 0 Å². The molecule has 0 amide bonds. The van der Waals surface area contributed by atoms with Crippen LogP contribution in [0.2, 0.25) is 0 Å². The van der Waals surface area contributed by atoms with Gasteiger partial charge in [0, 0.05) is 28.8 Å². The van der Waals surface area contributed by atoms with E-state index in [1.54, 1.807) is 0 Å². The highest BCUT2D eigenvalue weighted by Crippen LogP contribution is 2.35. The van der Waals surface area contributed by atoms with E-state index in [4.69, 9.17) is 0 Å². The smallest absolute Gasteiger partial charge is 0.0782 e. The number of aliphatic hydroxyl groups is 1. The molecule has 0 aliphatic carbocycles. The van der Waals surface area contributed by atoms with Crippen LogP contribution in [0.25, 0.3) is 0 Å². The van der Waals surface area contributed by atoms with Gasteiger partial charge in [-0.2, -0.15) is 0 Å². The second-order valence-corrected chi connectivity index (χ2v) is 6.95. The van der Waals surface area contributed by atoms with Crippen molar-refractivity contribution in [3.8, 4) is 0 Å². The van der Waals surface area contributed by atoms with Crippen LogP contribution in [0, 0.1) is 5.41 Å². The van der Waals surface area contributed by atoms with Gasteiger partial charge in [-0.15, -0.1) is 0 Å². The molecule has 0 aromatic heterocycles. The monoisotopic (exact) mass is 311 g/mol. The van der Waals surface area contributed by atoms with Crippen molar-refractivity contribution in [2.24, 2.45) is 5.41 Å². The van der Waals surface area contributed by atoms with Gasteiger partial charge in [-0.1, -0.05) is 29.8 Å². The molecule has 1 aromatic rings. The van der Waals surface area contributed by atoms with Crippen molar-refractivity contribution in [2.45, 2.75) is 39.7 Å². The summed E-state index contributed by atoms with van der Waals surface area (Å²) in [5, 5.41) is 9.91. The van der Waals surface area contributed by atoms with E-state index in [2.05, 4.69) is 46.8 Å². The number of rotatable bonds is 2. The van der Waals surface area contributed by atoms with Crippen LogP contribution in [0.1, 0.15) is 45.3 Å². The molecule has 3 heteroatoms. The molecule has 0 saturated carbocycles. The first-order chi connectivity index (χ1) is 8.39. The summed E-state index contributed by atoms with van der Waals surface area (Å²) in [5.74, 6) is 0. The molecule has 1 saturated heterocycles. The van der Waals surface area contributed by atoms with Crippen molar-refractivity contribution in [3.63, 3.8) is 0 Å². The zero-order chi connectivity index (χ0) is 13.3. The SMILES string of the molecule is CC(O)c1cc(Br)ccc1N1CCC(C)(C)CC1. The van der Waals surface area contributed by atoms with E-state index in [0.717, 1.165) is 23.1 Å². The van der Waals surface area contributed by atoms with E-state index in [9.17, 15) is 5.11 Å². The fourth-order valence-corrected chi connectivity index (χ4v) is 2.88. The molecule has 0 spiro atoms. The molecule has 100 valence electrons. The average molecular weight is 312 g/mol. The maximum Gasteiger partial charge on any atom is 0.0782 e. The zero-order valence-electron chi connectivity index (χ0n) is 11.4. The van der Waals surface area contributed by atoms with Crippen LogP contribution in [0.3, 0.4) is 0 Å². The lowest BCUT2D eigenvalue weighted by Gasteiger charge is -2.39. The first-order valence-electron chi connectivity index (χ1n) is 6.61. The Morgan fingerprint density at radius 3 is 2.44 bits per heavy atom. The van der Waals surface area contributed by atoms with Crippen LogP contribution in [0.4, 0.5) is 5.69 Å². The molecule has 1 aliphatic heterocycles. The number of hydrogen-bond acceptors (Lipinski definition) is 2. The van der Waals surface area contributed by atoms with Crippen molar-refractivity contribution in [2.75, 3.05) is 18.0 Å². The summed E-state index contributed by atoms with van der Waals surface area (Å²) in [5.41, 5.74) is 2.66. The highest BCUT2D eigenvalue weighted by molar-refractivity contribution is 9.10. The van der Waals surface area contributed by atoms with Crippen molar-refractivity contribution in [1.29, 1.82) is 0 Å². The number of halogens is 1. The highest BCUT2D eigenvalue weighted by atomic mass is 79.9. The zero-order valence-corrected chi connectivity index (χ0v) is 13.0. The van der Waals surface area contributed by atoms with Crippen LogP contribution >= 0.6 is 15.9 Å². The molecule has 0 bridgehead atoms. The summed E-state index contributed by atoms with van der Waals surface area (Å²) in [6.45, 7) is 8.66. The first kappa shape index (κ1) is 13.9. The molecule has 0 radical (unpaired) electrons.